The van der Waals surface area contributed by atoms with Crippen molar-refractivity contribution in [1.82, 2.24) is 15.4 Å². The second-order valence-corrected chi connectivity index (χ2v) is 4.45. The molecule has 0 aliphatic rings. The lowest BCUT2D eigenvalue weighted by Crippen LogP contribution is -1.86. The third-order valence-electron chi connectivity index (χ3n) is 2.85. The molecule has 0 aliphatic carbocycles. The highest BCUT2D eigenvalue weighted by molar-refractivity contribution is 5.65. The topological polar surface area (TPSA) is 50.8 Å². The molecule has 0 radical (unpaired) electrons. The van der Waals surface area contributed by atoms with Gasteiger partial charge in [-0.3, -0.25) is 0 Å². The summed E-state index contributed by atoms with van der Waals surface area (Å²) in [6.07, 6.45) is 1.49. The number of rotatable bonds is 3. The lowest BCUT2D eigenvalue weighted by atomic mass is 10.0. The van der Waals surface area contributed by atoms with Crippen molar-refractivity contribution in [3.63, 3.8) is 0 Å². The van der Waals surface area contributed by atoms with Crippen molar-refractivity contribution in [3.05, 3.63) is 60.0 Å². The summed E-state index contributed by atoms with van der Waals surface area (Å²) >= 11 is 0. The second kappa shape index (κ2) is 5.13. The van der Waals surface area contributed by atoms with E-state index in [4.69, 9.17) is 4.74 Å². The van der Waals surface area contributed by atoms with Gasteiger partial charge in [-0.05, 0) is 47.9 Å². The van der Waals surface area contributed by atoms with Crippen molar-refractivity contribution < 1.29 is 9.13 Å². The van der Waals surface area contributed by atoms with Crippen LogP contribution in [0.1, 0.15) is 5.56 Å². The average Bonchev–Trinajstić information content (AvgIpc) is 2.91. The highest BCUT2D eigenvalue weighted by Gasteiger charge is 2.03. The van der Waals surface area contributed by atoms with Gasteiger partial charge < -0.3 is 4.74 Å². The molecule has 0 unspecified atom stereocenters. The molecule has 0 atom stereocenters. The van der Waals surface area contributed by atoms with E-state index in [1.54, 1.807) is 0 Å². The SMILES string of the molecule is Cc1cc(F)cc(-c2ccc(Oc3cn[nH]n3)cc2)c1. The Morgan fingerprint density at radius 1 is 1.05 bits per heavy atom. The van der Waals surface area contributed by atoms with Crippen LogP contribution in [0.3, 0.4) is 0 Å². The molecule has 1 N–H and O–H groups in total. The Kier molecular flexibility index (Phi) is 3.16. The second-order valence-electron chi connectivity index (χ2n) is 4.45. The molecule has 5 heteroatoms. The van der Waals surface area contributed by atoms with Crippen LogP contribution in [-0.2, 0) is 0 Å². The van der Waals surface area contributed by atoms with Crippen molar-refractivity contribution in [2.75, 3.05) is 0 Å². The number of aryl methyl sites for hydroxylation is 1. The maximum Gasteiger partial charge on any atom is 0.258 e. The largest absolute Gasteiger partial charge is 0.436 e. The first-order valence-electron chi connectivity index (χ1n) is 6.12. The summed E-state index contributed by atoms with van der Waals surface area (Å²) in [6.45, 7) is 1.87. The fourth-order valence-electron chi connectivity index (χ4n) is 1.98. The van der Waals surface area contributed by atoms with E-state index in [1.165, 1.54) is 18.3 Å². The molecule has 0 fully saturated rings. The minimum absolute atomic E-state index is 0.233. The van der Waals surface area contributed by atoms with E-state index in [0.717, 1.165) is 16.7 Å². The fourth-order valence-corrected chi connectivity index (χ4v) is 1.98. The van der Waals surface area contributed by atoms with Crippen molar-refractivity contribution >= 4 is 0 Å². The van der Waals surface area contributed by atoms with Gasteiger partial charge in [0, 0.05) is 0 Å². The van der Waals surface area contributed by atoms with Crippen LogP contribution in [0.5, 0.6) is 11.6 Å². The van der Waals surface area contributed by atoms with E-state index in [9.17, 15) is 4.39 Å². The molecule has 0 aliphatic heterocycles. The van der Waals surface area contributed by atoms with Gasteiger partial charge in [0.05, 0.1) is 0 Å². The van der Waals surface area contributed by atoms with Crippen LogP contribution in [0.4, 0.5) is 4.39 Å². The summed E-state index contributed by atoms with van der Waals surface area (Å²) in [5, 5.41) is 9.94. The minimum atomic E-state index is -0.233. The van der Waals surface area contributed by atoms with Crippen LogP contribution in [0, 0.1) is 12.7 Å². The van der Waals surface area contributed by atoms with E-state index < -0.39 is 0 Å². The maximum atomic E-state index is 13.4. The van der Waals surface area contributed by atoms with Gasteiger partial charge in [0.2, 0.25) is 0 Å². The van der Waals surface area contributed by atoms with Crippen LogP contribution in [0.2, 0.25) is 0 Å². The standard InChI is InChI=1S/C15H12FN3O/c1-10-6-12(8-13(16)7-10)11-2-4-14(5-3-11)20-15-9-17-19-18-15/h2-9H,1H3,(H,17,18,19). The Morgan fingerprint density at radius 2 is 1.85 bits per heavy atom. The molecule has 0 amide bonds. The summed E-state index contributed by atoms with van der Waals surface area (Å²) in [5.41, 5.74) is 2.67. The van der Waals surface area contributed by atoms with Crippen LogP contribution in [-0.4, -0.2) is 15.4 Å². The number of benzene rings is 2. The normalized spacial score (nSPS) is 10.5. The molecular formula is C15H12FN3O. The number of nitrogens with zero attached hydrogens (tertiary/aromatic N) is 2. The summed E-state index contributed by atoms with van der Waals surface area (Å²) in [5.74, 6) is 0.818. The Morgan fingerprint density at radius 3 is 2.50 bits per heavy atom. The number of halogens is 1. The van der Waals surface area contributed by atoms with Gasteiger partial charge in [-0.1, -0.05) is 18.2 Å². The van der Waals surface area contributed by atoms with Crippen molar-refractivity contribution in [1.29, 1.82) is 0 Å². The van der Waals surface area contributed by atoms with Gasteiger partial charge in [-0.2, -0.15) is 10.3 Å². The summed E-state index contributed by atoms with van der Waals surface area (Å²) in [7, 11) is 0. The molecule has 100 valence electrons. The molecule has 1 aromatic heterocycles. The molecule has 4 nitrogen and oxygen atoms in total. The molecule has 0 saturated carbocycles. The van der Waals surface area contributed by atoms with E-state index in [-0.39, 0.29) is 5.82 Å². The van der Waals surface area contributed by atoms with Crippen molar-refractivity contribution in [2.24, 2.45) is 0 Å². The van der Waals surface area contributed by atoms with Gasteiger partial charge in [-0.15, -0.1) is 5.10 Å². The molecule has 0 spiro atoms. The van der Waals surface area contributed by atoms with Crippen LogP contribution in [0.25, 0.3) is 11.1 Å². The predicted octanol–water partition coefficient (Wildman–Crippen LogP) is 3.71. The van der Waals surface area contributed by atoms with E-state index in [0.29, 0.717) is 11.6 Å². The monoisotopic (exact) mass is 269 g/mol. The quantitative estimate of drug-likeness (QED) is 0.788. The molecule has 3 aromatic rings. The summed E-state index contributed by atoms with van der Waals surface area (Å²) in [4.78, 5) is 0. The molecule has 0 saturated heterocycles. The molecule has 2 aromatic carbocycles. The highest BCUT2D eigenvalue weighted by atomic mass is 19.1. The van der Waals surface area contributed by atoms with Crippen molar-refractivity contribution in [3.8, 4) is 22.8 Å². The summed E-state index contributed by atoms with van der Waals surface area (Å²) in [6, 6.07) is 12.3. The molecular weight excluding hydrogens is 257 g/mol. The van der Waals surface area contributed by atoms with Crippen LogP contribution < -0.4 is 4.74 Å². The van der Waals surface area contributed by atoms with Gasteiger partial charge >= 0.3 is 0 Å². The van der Waals surface area contributed by atoms with Gasteiger partial charge in [0.1, 0.15) is 17.8 Å². The van der Waals surface area contributed by atoms with Crippen LogP contribution >= 0.6 is 0 Å². The fraction of sp³-hybridized carbons (Fsp3) is 0.0667. The zero-order valence-electron chi connectivity index (χ0n) is 10.8. The number of H-pyrrole nitrogens is 1. The molecule has 0 bridgehead atoms. The van der Waals surface area contributed by atoms with Crippen molar-refractivity contribution in [2.45, 2.75) is 6.92 Å². The molecule has 3 rings (SSSR count). The third-order valence-corrected chi connectivity index (χ3v) is 2.85. The third kappa shape index (κ3) is 2.66. The van der Waals surface area contributed by atoms with Gasteiger partial charge in [0.15, 0.2) is 0 Å². The lowest BCUT2D eigenvalue weighted by Gasteiger charge is -2.06. The first-order valence-corrected chi connectivity index (χ1v) is 6.12. The lowest BCUT2D eigenvalue weighted by molar-refractivity contribution is 0.461. The first kappa shape index (κ1) is 12.3. The number of ether oxygens (including phenoxy) is 1. The average molecular weight is 269 g/mol. The smallest absolute Gasteiger partial charge is 0.258 e. The highest BCUT2D eigenvalue weighted by Crippen LogP contribution is 2.25. The Bertz CT molecular complexity index is 688. The van der Waals surface area contributed by atoms with E-state index in [2.05, 4.69) is 15.4 Å². The number of nitrogens with one attached hydrogen (secondary N) is 1. The zero-order valence-corrected chi connectivity index (χ0v) is 10.8. The van der Waals surface area contributed by atoms with Crippen LogP contribution in [0.15, 0.2) is 48.7 Å². The number of hydrogen-bond acceptors (Lipinski definition) is 3. The van der Waals surface area contributed by atoms with E-state index in [1.807, 2.05) is 37.3 Å². The predicted molar refractivity (Wildman–Crippen MR) is 73.0 cm³/mol. The minimum Gasteiger partial charge on any atom is -0.436 e. The number of hydrogen-bond donors (Lipinski definition) is 1. The van der Waals surface area contributed by atoms with E-state index >= 15 is 0 Å². The number of aromatic nitrogens is 3. The first-order chi connectivity index (χ1) is 9.70. The Balaban J connectivity index is 1.85. The zero-order chi connectivity index (χ0) is 13.9. The van der Waals surface area contributed by atoms with Gasteiger partial charge in [0.25, 0.3) is 5.88 Å². The summed E-state index contributed by atoms with van der Waals surface area (Å²) < 4.78 is 18.9. The number of aromatic amines is 1. The molecule has 1 heterocycles. The Labute approximate surface area is 115 Å². The maximum absolute atomic E-state index is 13.4. The Hall–Kier alpha value is -2.69. The molecule has 20 heavy (non-hydrogen) atoms. The van der Waals surface area contributed by atoms with Gasteiger partial charge in [-0.25, -0.2) is 4.39 Å².